The fourth-order valence-electron chi connectivity index (χ4n) is 2.99. The number of nitrogens with two attached hydrogens (primary N) is 1. The Morgan fingerprint density at radius 3 is 2.60 bits per heavy atom. The van der Waals surface area contributed by atoms with Crippen molar-refractivity contribution in [2.45, 2.75) is 31.7 Å². The Bertz CT molecular complexity index is 379. The highest BCUT2D eigenvalue weighted by molar-refractivity contribution is 6.00. The van der Waals surface area contributed by atoms with Crippen molar-refractivity contribution in [1.82, 2.24) is 10.2 Å². The van der Waals surface area contributed by atoms with Gasteiger partial charge in [0.05, 0.1) is 24.6 Å². The van der Waals surface area contributed by atoms with Crippen LogP contribution in [0.1, 0.15) is 25.7 Å². The van der Waals surface area contributed by atoms with E-state index in [0.29, 0.717) is 17.9 Å². The first kappa shape index (κ1) is 13.9. The monoisotopic (exact) mass is 278 g/mol. The molecule has 0 aromatic carbocycles. The molecule has 5 nitrogen and oxygen atoms in total. The van der Waals surface area contributed by atoms with Gasteiger partial charge in [-0.15, -0.1) is 0 Å². The summed E-state index contributed by atoms with van der Waals surface area (Å²) in [7, 11) is 0. The van der Waals surface area contributed by atoms with E-state index >= 15 is 0 Å². The summed E-state index contributed by atoms with van der Waals surface area (Å²) in [6.45, 7) is 4.15. The van der Waals surface area contributed by atoms with Crippen molar-refractivity contribution in [1.29, 1.82) is 5.41 Å². The van der Waals surface area contributed by atoms with Crippen molar-refractivity contribution in [2.24, 2.45) is 17.6 Å². The van der Waals surface area contributed by atoms with Gasteiger partial charge < -0.3 is 26.1 Å². The average molecular weight is 278 g/mol. The molecule has 112 valence electrons. The van der Waals surface area contributed by atoms with E-state index in [4.69, 9.17) is 15.9 Å². The van der Waals surface area contributed by atoms with Crippen molar-refractivity contribution in [2.75, 3.05) is 32.8 Å². The largest absolute Gasteiger partial charge is 0.386 e. The van der Waals surface area contributed by atoms with Gasteiger partial charge in [-0.25, -0.2) is 0 Å². The molecule has 5 heteroatoms. The first-order chi connectivity index (χ1) is 9.78. The predicted octanol–water partition coefficient (Wildman–Crippen LogP) is 0.917. The van der Waals surface area contributed by atoms with Gasteiger partial charge in [0.2, 0.25) is 0 Å². The van der Waals surface area contributed by atoms with E-state index in [9.17, 15) is 0 Å². The zero-order valence-corrected chi connectivity index (χ0v) is 12.1. The third kappa shape index (κ3) is 3.15. The fourth-order valence-corrected chi connectivity index (χ4v) is 2.99. The van der Waals surface area contributed by atoms with E-state index in [1.807, 2.05) is 0 Å². The van der Waals surface area contributed by atoms with Gasteiger partial charge in [-0.2, -0.15) is 0 Å². The minimum atomic E-state index is 0.490. The maximum absolute atomic E-state index is 8.38. The van der Waals surface area contributed by atoms with Gasteiger partial charge in [0, 0.05) is 31.2 Å². The highest BCUT2D eigenvalue weighted by atomic mass is 16.5. The van der Waals surface area contributed by atoms with Crippen LogP contribution in [-0.4, -0.2) is 49.5 Å². The van der Waals surface area contributed by atoms with Crippen molar-refractivity contribution in [3.8, 4) is 0 Å². The smallest absolute Gasteiger partial charge is 0.0741 e. The number of nitrogens with one attached hydrogen (secondary N) is 2. The Morgan fingerprint density at radius 2 is 2.00 bits per heavy atom. The van der Waals surface area contributed by atoms with E-state index < -0.39 is 0 Å². The number of ether oxygens (including phenoxy) is 1. The van der Waals surface area contributed by atoms with Crippen LogP contribution in [0.2, 0.25) is 0 Å². The summed E-state index contributed by atoms with van der Waals surface area (Å²) in [6, 6.07) is 0.548. The second-order valence-electron chi connectivity index (χ2n) is 6.25. The van der Waals surface area contributed by atoms with E-state index in [1.165, 1.54) is 25.7 Å². The number of rotatable bonds is 6. The molecular formula is C15H26N4O. The highest BCUT2D eigenvalue weighted by Crippen LogP contribution is 2.33. The molecule has 0 atom stereocenters. The van der Waals surface area contributed by atoms with Gasteiger partial charge in [-0.3, -0.25) is 0 Å². The standard InChI is InChI=1S/C15H26N4O/c16-9-11-7-13(8-11)18-10-14(15(17)12-1-2-12)19-3-5-20-6-4-19/h10-13,17-18H,1-9,16H2/b14-10+,17-15?/t11-,13-. The number of nitrogens with zero attached hydrogens (tertiary/aromatic N) is 1. The van der Waals surface area contributed by atoms with Crippen molar-refractivity contribution >= 4 is 5.71 Å². The van der Waals surface area contributed by atoms with E-state index in [-0.39, 0.29) is 0 Å². The zero-order valence-electron chi connectivity index (χ0n) is 12.1. The molecule has 0 unspecified atom stereocenters. The van der Waals surface area contributed by atoms with E-state index in [1.54, 1.807) is 0 Å². The van der Waals surface area contributed by atoms with Crippen molar-refractivity contribution in [3.63, 3.8) is 0 Å². The molecule has 2 aliphatic carbocycles. The lowest BCUT2D eigenvalue weighted by Gasteiger charge is -2.36. The SMILES string of the molecule is N=C(/C(=C\N[C@H]1C[C@H](CN)C1)N1CCOCC1)C1CC1. The molecule has 1 aliphatic heterocycles. The summed E-state index contributed by atoms with van der Waals surface area (Å²) in [6.07, 6.45) is 6.78. The van der Waals surface area contributed by atoms with Crippen LogP contribution in [0.3, 0.4) is 0 Å². The summed E-state index contributed by atoms with van der Waals surface area (Å²) in [5.41, 5.74) is 7.57. The fraction of sp³-hybridized carbons (Fsp3) is 0.800. The van der Waals surface area contributed by atoms with Crippen LogP contribution in [0.15, 0.2) is 11.9 Å². The van der Waals surface area contributed by atoms with Gasteiger partial charge in [-0.1, -0.05) is 0 Å². The van der Waals surface area contributed by atoms with Gasteiger partial charge in [-0.05, 0) is 38.1 Å². The Morgan fingerprint density at radius 1 is 1.30 bits per heavy atom. The van der Waals surface area contributed by atoms with Gasteiger partial charge in [0.1, 0.15) is 0 Å². The molecule has 4 N–H and O–H groups in total. The van der Waals surface area contributed by atoms with Crippen LogP contribution in [0, 0.1) is 17.2 Å². The lowest BCUT2D eigenvalue weighted by atomic mass is 9.80. The Kier molecular flexibility index (Phi) is 4.27. The third-order valence-electron chi connectivity index (χ3n) is 4.64. The second kappa shape index (κ2) is 6.14. The molecule has 1 saturated heterocycles. The number of morpholine rings is 1. The molecule has 0 amide bonds. The molecule has 0 aromatic rings. The molecule has 0 bridgehead atoms. The van der Waals surface area contributed by atoms with E-state index in [0.717, 1.165) is 44.3 Å². The maximum Gasteiger partial charge on any atom is 0.0741 e. The maximum atomic E-state index is 8.38. The van der Waals surface area contributed by atoms with Gasteiger partial charge >= 0.3 is 0 Å². The zero-order chi connectivity index (χ0) is 13.9. The molecule has 1 heterocycles. The molecule has 20 heavy (non-hydrogen) atoms. The van der Waals surface area contributed by atoms with Crippen molar-refractivity contribution < 1.29 is 4.74 Å². The molecule has 3 fully saturated rings. The lowest BCUT2D eigenvalue weighted by Crippen LogP contribution is -2.43. The second-order valence-corrected chi connectivity index (χ2v) is 6.25. The van der Waals surface area contributed by atoms with Gasteiger partial charge in [0.15, 0.2) is 0 Å². The van der Waals surface area contributed by atoms with Crippen LogP contribution in [0.5, 0.6) is 0 Å². The Hall–Kier alpha value is -1.07. The Balaban J connectivity index is 1.60. The van der Waals surface area contributed by atoms with E-state index in [2.05, 4.69) is 16.4 Å². The lowest BCUT2D eigenvalue weighted by molar-refractivity contribution is 0.0559. The normalized spacial score (nSPS) is 30.9. The first-order valence-corrected chi connectivity index (χ1v) is 7.85. The van der Waals surface area contributed by atoms with Crippen molar-refractivity contribution in [3.05, 3.63) is 11.9 Å². The number of hydrogen-bond donors (Lipinski definition) is 3. The number of allylic oxidation sites excluding steroid dienone is 1. The summed E-state index contributed by atoms with van der Waals surface area (Å²) in [4.78, 5) is 2.30. The van der Waals surface area contributed by atoms with Crippen LogP contribution in [-0.2, 0) is 4.74 Å². The highest BCUT2D eigenvalue weighted by Gasteiger charge is 2.32. The van der Waals surface area contributed by atoms with Crippen LogP contribution < -0.4 is 11.1 Å². The summed E-state index contributed by atoms with van der Waals surface area (Å²) in [5.74, 6) is 1.18. The molecule has 2 saturated carbocycles. The Labute approximate surface area is 121 Å². The van der Waals surface area contributed by atoms with Crippen LogP contribution in [0.25, 0.3) is 0 Å². The predicted molar refractivity (Wildman–Crippen MR) is 79.6 cm³/mol. The van der Waals surface area contributed by atoms with Crippen LogP contribution in [0.4, 0.5) is 0 Å². The third-order valence-corrected chi connectivity index (χ3v) is 4.64. The van der Waals surface area contributed by atoms with Gasteiger partial charge in [0.25, 0.3) is 0 Å². The minimum Gasteiger partial charge on any atom is -0.386 e. The summed E-state index contributed by atoms with van der Waals surface area (Å²) >= 11 is 0. The molecule has 0 spiro atoms. The average Bonchev–Trinajstić information content (AvgIpc) is 3.26. The molecule has 0 aromatic heterocycles. The quantitative estimate of drug-likeness (QED) is 0.632. The number of hydrogen-bond acceptors (Lipinski definition) is 5. The topological polar surface area (TPSA) is 74.4 Å². The molecule has 0 radical (unpaired) electrons. The summed E-state index contributed by atoms with van der Waals surface area (Å²) < 4.78 is 5.42. The molecular weight excluding hydrogens is 252 g/mol. The molecule has 3 rings (SSSR count). The minimum absolute atomic E-state index is 0.490. The molecule has 3 aliphatic rings. The summed E-state index contributed by atoms with van der Waals surface area (Å²) in [5, 5.41) is 11.9. The first-order valence-electron chi connectivity index (χ1n) is 7.85. The van der Waals surface area contributed by atoms with Crippen LogP contribution >= 0.6 is 0 Å².